The number of quaternary nitrogens is 1. The lowest BCUT2D eigenvalue weighted by Crippen LogP contribution is -3.14. The van der Waals surface area contributed by atoms with E-state index in [4.69, 9.17) is 11.6 Å². The third kappa shape index (κ3) is 5.50. The summed E-state index contributed by atoms with van der Waals surface area (Å²) >= 11 is 6.01. The van der Waals surface area contributed by atoms with Crippen molar-refractivity contribution < 1.29 is 19.4 Å². The van der Waals surface area contributed by atoms with Gasteiger partial charge in [0.25, 0.3) is 17.5 Å². The lowest BCUT2D eigenvalue weighted by atomic mass is 10.2. The van der Waals surface area contributed by atoms with Crippen molar-refractivity contribution in [2.24, 2.45) is 0 Å². The van der Waals surface area contributed by atoms with E-state index in [1.165, 1.54) is 18.2 Å². The Morgan fingerprint density at radius 1 is 1.11 bits per heavy atom. The molecule has 2 aromatic rings. The molecule has 9 heteroatoms. The van der Waals surface area contributed by atoms with Gasteiger partial charge in [0.15, 0.2) is 12.6 Å². The number of carbonyl (C=O) groups is 2. The number of nitrogens with one attached hydrogen (secondary N) is 3. The largest absolute Gasteiger partial charge is 0.320 e. The molecule has 142 valence electrons. The second-order valence-electron chi connectivity index (χ2n) is 6.04. The maximum absolute atomic E-state index is 12.4. The smallest absolute Gasteiger partial charge is 0.292 e. The van der Waals surface area contributed by atoms with Gasteiger partial charge in [0.05, 0.1) is 22.7 Å². The summed E-state index contributed by atoms with van der Waals surface area (Å²) in [4.78, 5) is 35.7. The normalized spacial score (nSPS) is 12.7. The van der Waals surface area contributed by atoms with Crippen molar-refractivity contribution >= 4 is 40.5 Å². The summed E-state index contributed by atoms with van der Waals surface area (Å²) in [5.74, 6) is -0.724. The highest BCUT2D eigenvalue weighted by atomic mass is 35.5. The predicted octanol–water partition coefficient (Wildman–Crippen LogP) is 1.73. The Labute approximate surface area is 161 Å². The number of halogens is 1. The predicted molar refractivity (Wildman–Crippen MR) is 103 cm³/mol. The van der Waals surface area contributed by atoms with Gasteiger partial charge in [-0.15, -0.1) is 0 Å². The van der Waals surface area contributed by atoms with E-state index < -0.39 is 16.9 Å². The number of hydrogen-bond acceptors (Lipinski definition) is 4. The van der Waals surface area contributed by atoms with Gasteiger partial charge in [0.2, 0.25) is 0 Å². The molecule has 2 aromatic carbocycles. The van der Waals surface area contributed by atoms with E-state index in [-0.39, 0.29) is 23.8 Å². The molecule has 0 spiro atoms. The van der Waals surface area contributed by atoms with E-state index in [1.54, 1.807) is 44.3 Å². The molecule has 0 aliphatic heterocycles. The van der Waals surface area contributed by atoms with Crippen LogP contribution in [0.5, 0.6) is 0 Å². The number of para-hydroxylation sites is 3. The lowest BCUT2D eigenvalue weighted by Gasteiger charge is -2.20. The average molecular weight is 392 g/mol. The Morgan fingerprint density at radius 2 is 1.70 bits per heavy atom. The van der Waals surface area contributed by atoms with Crippen LogP contribution in [-0.2, 0) is 9.59 Å². The average Bonchev–Trinajstić information content (AvgIpc) is 2.63. The second kappa shape index (κ2) is 9.11. The molecule has 2 amide bonds. The molecule has 0 aliphatic carbocycles. The minimum Gasteiger partial charge on any atom is -0.320 e. The van der Waals surface area contributed by atoms with E-state index >= 15 is 0 Å². The van der Waals surface area contributed by atoms with Gasteiger partial charge in [-0.3, -0.25) is 19.7 Å². The third-order valence-corrected chi connectivity index (χ3v) is 4.41. The summed E-state index contributed by atoms with van der Waals surface area (Å²) in [6.07, 6.45) is 0. The van der Waals surface area contributed by atoms with Crippen LogP contribution in [0.25, 0.3) is 0 Å². The van der Waals surface area contributed by atoms with Crippen molar-refractivity contribution in [2.75, 3.05) is 24.2 Å². The van der Waals surface area contributed by atoms with Crippen molar-refractivity contribution in [3.05, 3.63) is 63.7 Å². The molecule has 8 nitrogen and oxygen atoms in total. The van der Waals surface area contributed by atoms with Crippen LogP contribution < -0.4 is 15.5 Å². The van der Waals surface area contributed by atoms with E-state index in [1.807, 2.05) is 0 Å². The lowest BCUT2D eigenvalue weighted by molar-refractivity contribution is -0.885. The maximum Gasteiger partial charge on any atom is 0.292 e. The van der Waals surface area contributed by atoms with Crippen molar-refractivity contribution in [3.8, 4) is 0 Å². The molecule has 0 aliphatic rings. The summed E-state index contributed by atoms with van der Waals surface area (Å²) in [5.41, 5.74) is 0.425. The minimum atomic E-state index is -0.609. The number of amides is 2. The summed E-state index contributed by atoms with van der Waals surface area (Å²) in [7, 11) is 1.69. The monoisotopic (exact) mass is 391 g/mol. The molecular formula is C18H20ClN4O4+. The number of likely N-dealkylation sites (N-methyl/N-ethyl adjacent to an activating group) is 1. The number of nitrogens with zero attached hydrogens (tertiary/aromatic N) is 1. The zero-order valence-corrected chi connectivity index (χ0v) is 15.6. The molecule has 0 bridgehead atoms. The maximum atomic E-state index is 12.4. The molecule has 0 heterocycles. The van der Waals surface area contributed by atoms with Crippen molar-refractivity contribution in [2.45, 2.75) is 13.0 Å². The SMILES string of the molecule is C[C@H](C(=O)Nc1ccccc1[N+](=O)[O-])[NH+](C)CC(=O)Nc1ccccc1Cl. The van der Waals surface area contributed by atoms with Crippen LogP contribution in [0, 0.1) is 10.1 Å². The topological polar surface area (TPSA) is 106 Å². The quantitative estimate of drug-likeness (QED) is 0.493. The summed E-state index contributed by atoms with van der Waals surface area (Å²) in [6, 6.07) is 12.1. The molecule has 0 aromatic heterocycles. The number of benzene rings is 2. The standard InChI is InChI=1S/C18H19ClN4O4/c1-12(18(25)21-15-9-5-6-10-16(15)23(26)27)22(2)11-17(24)20-14-8-4-3-7-13(14)19/h3-10,12H,11H2,1-2H3,(H,20,24)(H,21,25)/p+1/t12-/m1/s1. The number of nitro benzene ring substituents is 1. The fourth-order valence-corrected chi connectivity index (χ4v) is 2.55. The van der Waals surface area contributed by atoms with Crippen LogP contribution in [-0.4, -0.2) is 36.4 Å². The van der Waals surface area contributed by atoms with Crippen molar-refractivity contribution in [1.29, 1.82) is 0 Å². The zero-order valence-electron chi connectivity index (χ0n) is 14.9. The molecular weight excluding hydrogens is 372 g/mol. The first-order valence-electron chi connectivity index (χ1n) is 8.20. The van der Waals surface area contributed by atoms with Gasteiger partial charge in [-0.05, 0) is 25.1 Å². The Balaban J connectivity index is 1.97. The summed E-state index contributed by atoms with van der Waals surface area (Å²) < 4.78 is 0. The fraction of sp³-hybridized carbons (Fsp3) is 0.222. The van der Waals surface area contributed by atoms with Crippen molar-refractivity contribution in [1.82, 2.24) is 0 Å². The van der Waals surface area contributed by atoms with Gasteiger partial charge in [0, 0.05) is 6.07 Å². The number of rotatable bonds is 7. The van der Waals surface area contributed by atoms with Crippen LogP contribution in [0.15, 0.2) is 48.5 Å². The molecule has 3 N–H and O–H groups in total. The molecule has 27 heavy (non-hydrogen) atoms. The van der Waals surface area contributed by atoms with Crippen LogP contribution in [0.3, 0.4) is 0 Å². The fourth-order valence-electron chi connectivity index (χ4n) is 2.37. The molecule has 2 rings (SSSR count). The molecule has 1 unspecified atom stereocenters. The minimum absolute atomic E-state index is 0.0245. The first-order valence-corrected chi connectivity index (χ1v) is 8.58. The summed E-state index contributed by atoms with van der Waals surface area (Å²) in [6.45, 7) is 1.67. The van der Waals surface area contributed by atoms with Crippen LogP contribution in [0.1, 0.15) is 6.92 Å². The van der Waals surface area contributed by atoms with Gasteiger partial charge < -0.3 is 15.5 Å². The van der Waals surface area contributed by atoms with Crippen molar-refractivity contribution in [3.63, 3.8) is 0 Å². The van der Waals surface area contributed by atoms with Crippen LogP contribution in [0.2, 0.25) is 5.02 Å². The highest BCUT2D eigenvalue weighted by Gasteiger charge is 2.26. The number of anilines is 2. The number of carbonyl (C=O) groups excluding carboxylic acids is 2. The Bertz CT molecular complexity index is 859. The van der Waals surface area contributed by atoms with Gasteiger partial charge in [-0.1, -0.05) is 35.9 Å². The first kappa shape index (κ1) is 20.3. The second-order valence-corrected chi connectivity index (χ2v) is 6.44. The highest BCUT2D eigenvalue weighted by Crippen LogP contribution is 2.23. The number of nitro groups is 1. The van der Waals surface area contributed by atoms with Gasteiger partial charge >= 0.3 is 0 Å². The highest BCUT2D eigenvalue weighted by molar-refractivity contribution is 6.33. The van der Waals surface area contributed by atoms with Crippen LogP contribution in [0.4, 0.5) is 17.1 Å². The molecule has 0 saturated carbocycles. The number of hydrogen-bond donors (Lipinski definition) is 3. The summed E-state index contributed by atoms with van der Waals surface area (Å²) in [5, 5.41) is 16.7. The third-order valence-electron chi connectivity index (χ3n) is 4.08. The Morgan fingerprint density at radius 3 is 2.33 bits per heavy atom. The van der Waals surface area contributed by atoms with E-state index in [2.05, 4.69) is 10.6 Å². The van der Waals surface area contributed by atoms with Gasteiger partial charge in [0.1, 0.15) is 5.69 Å². The van der Waals surface area contributed by atoms with Crippen LogP contribution >= 0.6 is 11.6 Å². The van der Waals surface area contributed by atoms with E-state index in [0.717, 1.165) is 0 Å². The van der Waals surface area contributed by atoms with Gasteiger partial charge in [-0.25, -0.2) is 0 Å². The molecule has 0 fully saturated rings. The van der Waals surface area contributed by atoms with Gasteiger partial charge in [-0.2, -0.15) is 0 Å². The molecule has 0 saturated heterocycles. The molecule has 2 atom stereocenters. The zero-order chi connectivity index (χ0) is 20.0. The first-order chi connectivity index (χ1) is 12.8. The molecule has 0 radical (unpaired) electrons. The van der Waals surface area contributed by atoms with E-state index in [9.17, 15) is 19.7 Å². The Kier molecular flexibility index (Phi) is 6.86. The van der Waals surface area contributed by atoms with E-state index in [0.29, 0.717) is 15.6 Å². The Hall–Kier alpha value is -2.97.